The third kappa shape index (κ3) is 4.46. The molecule has 26 heavy (non-hydrogen) atoms. The minimum absolute atomic E-state index is 0. The van der Waals surface area contributed by atoms with Crippen molar-refractivity contribution in [2.75, 3.05) is 25.5 Å². The second kappa shape index (κ2) is 8.99. The van der Waals surface area contributed by atoms with E-state index in [1.54, 1.807) is 19.1 Å². The van der Waals surface area contributed by atoms with Crippen molar-refractivity contribution < 1.29 is 14.3 Å². The minimum Gasteiger partial charge on any atom is -0.462 e. The number of amides is 1. The van der Waals surface area contributed by atoms with Crippen molar-refractivity contribution in [2.45, 2.75) is 19.9 Å². The molecule has 1 N–H and O–H groups in total. The number of thiophene rings is 1. The maximum Gasteiger partial charge on any atom is 0.341 e. The summed E-state index contributed by atoms with van der Waals surface area (Å²) in [5, 5.41) is 3.48. The van der Waals surface area contributed by atoms with Gasteiger partial charge in [0.2, 0.25) is 0 Å². The molecule has 1 aliphatic heterocycles. The molecular formula is C18H20BrClN2O3S. The number of rotatable bonds is 4. The predicted octanol–water partition coefficient (Wildman–Crippen LogP) is 4.35. The standard InChI is InChI=1S/C18H19BrN2O3S.ClH/c1-3-24-18(23)15-13-8-9-21(2)10-14(13)25-17(15)20-16(22)11-4-6-12(19)7-5-11;/h4-7H,3,8-10H2,1-2H3,(H,20,22);1H. The molecule has 1 aromatic carbocycles. The second-order valence-corrected chi connectivity index (χ2v) is 7.90. The normalized spacial score (nSPS) is 13.5. The van der Waals surface area contributed by atoms with Gasteiger partial charge in [-0.2, -0.15) is 0 Å². The fraction of sp³-hybridized carbons (Fsp3) is 0.333. The van der Waals surface area contributed by atoms with Crippen molar-refractivity contribution in [2.24, 2.45) is 0 Å². The summed E-state index contributed by atoms with van der Waals surface area (Å²) in [6.07, 6.45) is 0.782. The van der Waals surface area contributed by atoms with Crippen LogP contribution in [0.5, 0.6) is 0 Å². The number of carbonyl (C=O) groups is 2. The zero-order valence-electron chi connectivity index (χ0n) is 14.5. The van der Waals surface area contributed by atoms with E-state index >= 15 is 0 Å². The summed E-state index contributed by atoms with van der Waals surface area (Å²) < 4.78 is 6.13. The van der Waals surface area contributed by atoms with Gasteiger partial charge in [0.25, 0.3) is 5.91 Å². The van der Waals surface area contributed by atoms with Crippen LogP contribution in [-0.4, -0.2) is 37.0 Å². The number of benzene rings is 1. The fourth-order valence-corrected chi connectivity index (χ4v) is 4.39. The highest BCUT2D eigenvalue weighted by molar-refractivity contribution is 9.10. The number of hydrogen-bond donors (Lipinski definition) is 1. The van der Waals surface area contributed by atoms with Gasteiger partial charge in [-0.15, -0.1) is 23.7 Å². The smallest absolute Gasteiger partial charge is 0.341 e. The molecule has 1 amide bonds. The van der Waals surface area contributed by atoms with Crippen LogP contribution in [0.3, 0.4) is 0 Å². The van der Waals surface area contributed by atoms with Crippen LogP contribution in [0.4, 0.5) is 5.00 Å². The van der Waals surface area contributed by atoms with Crippen LogP contribution in [0.2, 0.25) is 0 Å². The van der Waals surface area contributed by atoms with Crippen molar-refractivity contribution in [3.8, 4) is 0 Å². The lowest BCUT2D eigenvalue weighted by molar-refractivity contribution is 0.0526. The van der Waals surface area contributed by atoms with Gasteiger partial charge < -0.3 is 15.0 Å². The molecule has 5 nitrogen and oxygen atoms in total. The molecule has 0 unspecified atom stereocenters. The number of esters is 1. The number of hydrogen-bond acceptors (Lipinski definition) is 5. The Bertz CT molecular complexity index is 808. The molecule has 8 heteroatoms. The number of fused-ring (bicyclic) bond motifs is 1. The maximum absolute atomic E-state index is 12.6. The Kier molecular flexibility index (Phi) is 7.23. The molecule has 0 aliphatic carbocycles. The third-order valence-electron chi connectivity index (χ3n) is 4.06. The van der Waals surface area contributed by atoms with Crippen LogP contribution in [0.1, 0.15) is 38.1 Å². The van der Waals surface area contributed by atoms with Crippen LogP contribution in [0.15, 0.2) is 28.7 Å². The third-order valence-corrected chi connectivity index (χ3v) is 5.72. The summed E-state index contributed by atoms with van der Waals surface area (Å²) in [5.41, 5.74) is 2.06. The predicted molar refractivity (Wildman–Crippen MR) is 110 cm³/mol. The lowest BCUT2D eigenvalue weighted by atomic mass is 10.0. The van der Waals surface area contributed by atoms with Crippen molar-refractivity contribution >= 4 is 56.6 Å². The van der Waals surface area contributed by atoms with Crippen LogP contribution < -0.4 is 5.32 Å². The van der Waals surface area contributed by atoms with E-state index in [1.807, 2.05) is 19.2 Å². The summed E-state index contributed by atoms with van der Waals surface area (Å²) in [6.45, 7) is 3.75. The molecule has 0 fully saturated rings. The van der Waals surface area contributed by atoms with Crippen LogP contribution in [-0.2, 0) is 17.7 Å². The highest BCUT2D eigenvalue weighted by Gasteiger charge is 2.28. The van der Waals surface area contributed by atoms with Crippen molar-refractivity contribution in [3.63, 3.8) is 0 Å². The van der Waals surface area contributed by atoms with Gasteiger partial charge in [-0.1, -0.05) is 15.9 Å². The Labute approximate surface area is 171 Å². The molecule has 140 valence electrons. The van der Waals surface area contributed by atoms with Gasteiger partial charge in [0.1, 0.15) is 5.00 Å². The molecule has 0 radical (unpaired) electrons. The van der Waals surface area contributed by atoms with Gasteiger partial charge in [-0.3, -0.25) is 4.79 Å². The summed E-state index contributed by atoms with van der Waals surface area (Å²) in [4.78, 5) is 28.3. The Morgan fingerprint density at radius 3 is 2.65 bits per heavy atom. The monoisotopic (exact) mass is 458 g/mol. The minimum atomic E-state index is -0.365. The molecule has 2 heterocycles. The average molecular weight is 460 g/mol. The number of anilines is 1. The number of carbonyl (C=O) groups excluding carboxylic acids is 2. The first-order chi connectivity index (χ1) is 12.0. The van der Waals surface area contributed by atoms with Crippen molar-refractivity contribution in [1.82, 2.24) is 4.90 Å². The summed E-state index contributed by atoms with van der Waals surface area (Å²) in [5.74, 6) is -0.597. The van der Waals surface area contributed by atoms with Gasteiger partial charge in [0.15, 0.2) is 0 Å². The molecule has 0 saturated carbocycles. The number of nitrogens with one attached hydrogen (secondary N) is 1. The van der Waals surface area contributed by atoms with Crippen LogP contribution in [0, 0.1) is 0 Å². The van der Waals surface area contributed by atoms with Gasteiger partial charge in [0.05, 0.1) is 12.2 Å². The number of likely N-dealkylation sites (N-methyl/N-ethyl adjacent to an activating group) is 1. The maximum atomic E-state index is 12.6. The quantitative estimate of drug-likeness (QED) is 0.691. The Morgan fingerprint density at radius 1 is 1.31 bits per heavy atom. The van der Waals surface area contributed by atoms with Crippen molar-refractivity contribution in [1.29, 1.82) is 0 Å². The van der Waals surface area contributed by atoms with E-state index in [-0.39, 0.29) is 24.3 Å². The Morgan fingerprint density at radius 2 is 2.00 bits per heavy atom. The van der Waals surface area contributed by atoms with E-state index in [0.29, 0.717) is 22.7 Å². The zero-order chi connectivity index (χ0) is 18.0. The van der Waals surface area contributed by atoms with Crippen LogP contribution >= 0.6 is 39.7 Å². The highest BCUT2D eigenvalue weighted by Crippen LogP contribution is 2.37. The first-order valence-electron chi connectivity index (χ1n) is 8.06. The van der Waals surface area contributed by atoms with E-state index in [2.05, 4.69) is 26.1 Å². The Hall–Kier alpha value is -1.41. The second-order valence-electron chi connectivity index (χ2n) is 5.88. The largest absolute Gasteiger partial charge is 0.462 e. The SMILES string of the molecule is CCOC(=O)c1c(NC(=O)c2ccc(Br)cc2)sc2c1CCN(C)C2.Cl. The number of nitrogens with zero attached hydrogens (tertiary/aromatic N) is 1. The molecule has 0 saturated heterocycles. The number of ether oxygens (including phenoxy) is 1. The van der Waals surface area contributed by atoms with Gasteiger partial charge in [-0.25, -0.2) is 4.79 Å². The van der Waals surface area contributed by atoms with Crippen LogP contribution in [0.25, 0.3) is 0 Å². The van der Waals surface area contributed by atoms with Crippen molar-refractivity contribution in [3.05, 3.63) is 50.3 Å². The molecule has 0 bridgehead atoms. The topological polar surface area (TPSA) is 58.6 Å². The van der Waals surface area contributed by atoms with Gasteiger partial charge in [0, 0.05) is 28.0 Å². The highest BCUT2D eigenvalue weighted by atomic mass is 79.9. The molecule has 0 atom stereocenters. The first-order valence-corrected chi connectivity index (χ1v) is 9.67. The molecule has 2 aromatic rings. The lowest BCUT2D eigenvalue weighted by Gasteiger charge is -2.22. The van der Waals surface area contributed by atoms with E-state index in [1.165, 1.54) is 11.3 Å². The fourth-order valence-electron chi connectivity index (χ4n) is 2.82. The first kappa shape index (κ1) is 20.9. The van der Waals surface area contributed by atoms with E-state index in [9.17, 15) is 9.59 Å². The Balaban J connectivity index is 0.00000243. The van der Waals surface area contributed by atoms with E-state index in [0.717, 1.165) is 34.4 Å². The van der Waals surface area contributed by atoms with E-state index in [4.69, 9.17) is 4.74 Å². The summed E-state index contributed by atoms with van der Waals surface area (Å²) in [6, 6.07) is 7.11. The molecule has 3 rings (SSSR count). The summed E-state index contributed by atoms with van der Waals surface area (Å²) >= 11 is 4.82. The molecular weight excluding hydrogens is 440 g/mol. The zero-order valence-corrected chi connectivity index (χ0v) is 17.7. The lowest BCUT2D eigenvalue weighted by Crippen LogP contribution is -2.26. The van der Waals surface area contributed by atoms with Gasteiger partial charge >= 0.3 is 5.97 Å². The number of halogens is 2. The molecule has 1 aliphatic rings. The molecule has 1 aromatic heterocycles. The average Bonchev–Trinajstić information content (AvgIpc) is 2.92. The summed E-state index contributed by atoms with van der Waals surface area (Å²) in [7, 11) is 2.05. The molecule has 0 spiro atoms. The van der Waals surface area contributed by atoms with Gasteiger partial charge in [-0.05, 0) is 50.2 Å². The van der Waals surface area contributed by atoms with E-state index < -0.39 is 0 Å².